The molecule has 0 aliphatic carbocycles. The van der Waals surface area contributed by atoms with Crippen molar-refractivity contribution < 1.29 is 31.7 Å². The van der Waals surface area contributed by atoms with E-state index in [-0.39, 0.29) is 54.0 Å². The number of benzene rings is 6. The fourth-order valence-corrected chi connectivity index (χ4v) is 9.16. The Bertz CT molecular complexity index is 3400. The molecule has 4 nitrogen and oxygen atoms in total. The average Bonchev–Trinajstić information content (AvgIpc) is 3.68. The summed E-state index contributed by atoms with van der Waals surface area (Å²) in [5.74, 6) is -0.159. The number of fused-ring (bicyclic) bond motifs is 1. The molecule has 0 saturated carbocycles. The molecule has 0 bridgehead atoms. The van der Waals surface area contributed by atoms with Crippen molar-refractivity contribution in [3.05, 3.63) is 166 Å². The van der Waals surface area contributed by atoms with Crippen LogP contribution < -0.4 is 0 Å². The fourth-order valence-electron chi connectivity index (χ4n) is 9.16. The first kappa shape index (κ1) is 47.7. The van der Waals surface area contributed by atoms with Gasteiger partial charge in [-0.2, -0.15) is 0 Å². The number of para-hydroxylation sites is 1. The summed E-state index contributed by atoms with van der Waals surface area (Å²) in [7, 11) is 0. The van der Waals surface area contributed by atoms with E-state index >= 15 is 0 Å². The summed E-state index contributed by atoms with van der Waals surface area (Å²) in [5, 5.41) is 12.6. The second kappa shape index (κ2) is 19.1. The van der Waals surface area contributed by atoms with Crippen LogP contribution in [-0.4, -0.2) is 19.6 Å². The zero-order chi connectivity index (χ0) is 54.5. The first-order valence-electron chi connectivity index (χ1n) is 26.9. The zero-order valence-corrected chi connectivity index (χ0v) is 47.4. The summed E-state index contributed by atoms with van der Waals surface area (Å²) in [4.78, 5) is 10.5. The molecular weight excluding hydrogens is 1050 g/mol. The van der Waals surface area contributed by atoms with E-state index in [9.17, 15) is 9.22 Å². The van der Waals surface area contributed by atoms with E-state index in [1.807, 2.05) is 79.2 Å². The van der Waals surface area contributed by atoms with Crippen LogP contribution >= 0.6 is 0 Å². The maximum Gasteiger partial charge on any atom is 0.148 e. The Morgan fingerprint density at radius 3 is 1.70 bits per heavy atom. The third-order valence-corrected chi connectivity index (χ3v) is 13.8. The van der Waals surface area contributed by atoms with Crippen LogP contribution in [0, 0.1) is 12.9 Å². The summed E-state index contributed by atoms with van der Waals surface area (Å²) in [6.07, 6.45) is 1.83. The molecule has 0 radical (unpaired) electrons. The van der Waals surface area contributed by atoms with Gasteiger partial charge in [0, 0.05) is 44.0 Å². The number of aryl methyl sites for hydroxylation is 1. The summed E-state index contributed by atoms with van der Waals surface area (Å²) in [6, 6.07) is 43.1. The Morgan fingerprint density at radius 2 is 1.13 bits per heavy atom. The number of aromatic hydroxyl groups is 1. The van der Waals surface area contributed by atoms with Gasteiger partial charge in [-0.25, -0.2) is 4.98 Å². The van der Waals surface area contributed by atoms with E-state index in [0.717, 1.165) is 66.9 Å². The quantitative estimate of drug-likeness (QED) is 0.162. The van der Waals surface area contributed by atoms with Gasteiger partial charge in [-0.15, -0.1) is 29.3 Å². The Balaban J connectivity index is 0.00000820. The largest absolute Gasteiger partial charge is 0.507 e. The summed E-state index contributed by atoms with van der Waals surface area (Å²) in [5.41, 5.74) is 14.4. The second-order valence-corrected chi connectivity index (χ2v) is 24.8. The molecule has 0 aliphatic heterocycles. The van der Waals surface area contributed by atoms with Crippen LogP contribution in [0.3, 0.4) is 0 Å². The van der Waals surface area contributed by atoms with Crippen LogP contribution in [0.25, 0.3) is 72.7 Å². The first-order chi connectivity index (χ1) is 34.0. The van der Waals surface area contributed by atoms with Gasteiger partial charge in [0.25, 0.3) is 0 Å². The van der Waals surface area contributed by atoms with Crippen LogP contribution in [0.1, 0.15) is 168 Å². The van der Waals surface area contributed by atoms with E-state index in [4.69, 9.17) is 11.3 Å². The molecule has 1 N–H and O–H groups in total. The molecule has 0 atom stereocenters. The standard InChI is InChI=1S/C66H76N3O.Pt/c1-40(2)42-22-24-43(25-23-42)45-28-29-67-56(36-45)48-31-47(34-49(35-48)62(4,5)6)53-20-19-21-58-59(53)68-61(54-38-52(65(13,14)15)39-55(60(54)70)66(16,17)18)69(58)57-27-26-44(30-41(57)3)46-32-50(63(7,8)9)37-51(33-46)64(10,11)12;/h19-30,32-40,70H,1-18H3;/q-1;/i3D3,40D;. The number of phenolic OH excluding ortho intramolecular Hbond substituents is 1. The molecule has 71 heavy (non-hydrogen) atoms. The predicted octanol–water partition coefficient (Wildman–Crippen LogP) is 18.2. The third kappa shape index (κ3) is 11.0. The molecule has 6 aromatic carbocycles. The summed E-state index contributed by atoms with van der Waals surface area (Å²) >= 11 is 0. The zero-order valence-electron chi connectivity index (χ0n) is 49.2. The van der Waals surface area contributed by atoms with Crippen LogP contribution in [0.2, 0.25) is 0 Å². The Labute approximate surface area is 446 Å². The molecule has 372 valence electrons. The Kier molecular flexibility index (Phi) is 12.9. The maximum absolute atomic E-state index is 12.6. The van der Waals surface area contributed by atoms with Gasteiger partial charge < -0.3 is 5.11 Å². The van der Waals surface area contributed by atoms with Crippen LogP contribution in [0.4, 0.5) is 0 Å². The minimum Gasteiger partial charge on any atom is -0.507 e. The second-order valence-electron chi connectivity index (χ2n) is 24.8. The van der Waals surface area contributed by atoms with Crippen molar-refractivity contribution in [3.8, 4) is 67.5 Å². The first-order valence-corrected chi connectivity index (χ1v) is 24.9. The number of imidazole rings is 1. The molecule has 8 aromatic rings. The molecule has 2 aromatic heterocycles. The van der Waals surface area contributed by atoms with Crippen molar-refractivity contribution in [2.45, 2.75) is 158 Å². The number of phenols is 1. The molecule has 0 fully saturated rings. The third-order valence-electron chi connectivity index (χ3n) is 13.8. The number of nitrogens with zero attached hydrogens (tertiary/aromatic N) is 3. The van der Waals surface area contributed by atoms with Gasteiger partial charge in [0.2, 0.25) is 0 Å². The molecule has 5 heteroatoms. The normalized spacial score (nSPS) is 13.9. The van der Waals surface area contributed by atoms with Crippen molar-refractivity contribution in [2.24, 2.45) is 0 Å². The van der Waals surface area contributed by atoms with E-state index in [2.05, 4.69) is 171 Å². The number of hydrogen-bond acceptors (Lipinski definition) is 3. The molecule has 0 aliphatic rings. The number of rotatable bonds is 7. The van der Waals surface area contributed by atoms with E-state index in [1.165, 1.54) is 11.1 Å². The maximum atomic E-state index is 12.6. The molecule has 2 heterocycles. The number of aromatic nitrogens is 3. The molecule has 0 spiro atoms. The van der Waals surface area contributed by atoms with Gasteiger partial charge in [-0.3, -0.25) is 9.55 Å². The number of hydrogen-bond donors (Lipinski definition) is 1. The molecule has 8 rings (SSSR count). The average molecular weight is 1130 g/mol. The molecule has 0 amide bonds. The summed E-state index contributed by atoms with van der Waals surface area (Å²) < 4.78 is 38.1. The predicted molar refractivity (Wildman–Crippen MR) is 299 cm³/mol. The molecule has 0 saturated heterocycles. The SMILES string of the molecule is [2H]C([2H])([2H])c1cc(-c2cc(C(C)(C)C)cc(C(C)(C)C)c2)ccc1-n1c(-c2cc(C(C)(C)C)cc(C(C)(C)C)c2O)nc2c(-c3[c-]c(-c4cc(-c5ccc(C([2H])(C)C)cc5)ccn4)cc(C(C)(C)C)c3)cccc21.[Pt]. The van der Waals surface area contributed by atoms with Crippen molar-refractivity contribution in [1.82, 2.24) is 14.5 Å². The van der Waals surface area contributed by atoms with Crippen molar-refractivity contribution >= 4 is 11.0 Å². The monoisotopic (exact) mass is 1130 g/mol. The minimum absolute atomic E-state index is 0. The molecular formula is C66H76N3OPt-. The van der Waals surface area contributed by atoms with Gasteiger partial charge in [0.05, 0.1) is 22.3 Å². The van der Waals surface area contributed by atoms with Crippen LogP contribution in [0.15, 0.2) is 121 Å². The Hall–Kier alpha value is -5.57. The van der Waals surface area contributed by atoms with Crippen molar-refractivity contribution in [3.63, 3.8) is 0 Å². The topological polar surface area (TPSA) is 50.9 Å². The van der Waals surface area contributed by atoms with Gasteiger partial charge in [-0.1, -0.05) is 202 Å². The van der Waals surface area contributed by atoms with Gasteiger partial charge in [0.15, 0.2) is 0 Å². The van der Waals surface area contributed by atoms with E-state index < -0.39 is 18.2 Å². The van der Waals surface area contributed by atoms with Gasteiger partial charge >= 0.3 is 0 Å². The summed E-state index contributed by atoms with van der Waals surface area (Å²) in [6.45, 7) is 33.9. The number of pyridine rings is 1. The fraction of sp³-hybridized carbons (Fsp3) is 0.364. The minimum atomic E-state index is -2.54. The van der Waals surface area contributed by atoms with Crippen LogP contribution in [-0.2, 0) is 48.1 Å². The molecule has 0 unspecified atom stereocenters. The van der Waals surface area contributed by atoms with Crippen molar-refractivity contribution in [2.75, 3.05) is 0 Å². The smallest absolute Gasteiger partial charge is 0.148 e. The van der Waals surface area contributed by atoms with Gasteiger partial charge in [-0.05, 0) is 120 Å². The van der Waals surface area contributed by atoms with E-state index in [0.29, 0.717) is 28.1 Å². The Morgan fingerprint density at radius 1 is 0.563 bits per heavy atom. The van der Waals surface area contributed by atoms with Gasteiger partial charge in [0.1, 0.15) is 11.6 Å². The van der Waals surface area contributed by atoms with Crippen molar-refractivity contribution in [1.29, 1.82) is 0 Å². The van der Waals surface area contributed by atoms with E-state index in [1.54, 1.807) is 0 Å². The van der Waals surface area contributed by atoms with Crippen LogP contribution in [0.5, 0.6) is 5.75 Å².